The summed E-state index contributed by atoms with van der Waals surface area (Å²) >= 11 is 0. The molecule has 110 valence electrons. The predicted octanol–water partition coefficient (Wildman–Crippen LogP) is 2.36. The van der Waals surface area contributed by atoms with Crippen molar-refractivity contribution in [2.24, 2.45) is 0 Å². The van der Waals surface area contributed by atoms with Crippen molar-refractivity contribution in [1.29, 1.82) is 0 Å². The minimum atomic E-state index is 0.0507. The van der Waals surface area contributed by atoms with E-state index in [0.29, 0.717) is 17.9 Å². The number of benzene rings is 2. The molecular weight excluding hydrogens is 266 g/mol. The molecule has 2 aromatic rings. The zero-order chi connectivity index (χ0) is 14.7. The zero-order valence-corrected chi connectivity index (χ0v) is 12.1. The number of hydrogen-bond donors (Lipinski definition) is 0. The topological polar surface area (TPSA) is 38.8 Å². The first-order chi connectivity index (χ1) is 10.3. The van der Waals surface area contributed by atoms with Gasteiger partial charge in [-0.3, -0.25) is 4.79 Å². The molecule has 4 nitrogen and oxygen atoms in total. The number of fused-ring (bicyclic) bond motifs is 1. The standard InChI is InChI=1S/C17H19NO3/c1-18-8-9-20-14(10-18)12-21-17-7-6-13-4-2-3-5-15(13)16(17)11-19/h2-7,11,14H,8-10,12H2,1H3. The second kappa shape index (κ2) is 6.24. The highest BCUT2D eigenvalue weighted by Crippen LogP contribution is 2.26. The second-order valence-electron chi connectivity index (χ2n) is 5.38. The van der Waals surface area contributed by atoms with Crippen molar-refractivity contribution < 1.29 is 14.3 Å². The van der Waals surface area contributed by atoms with E-state index in [4.69, 9.17) is 9.47 Å². The molecule has 0 aliphatic carbocycles. The van der Waals surface area contributed by atoms with E-state index in [9.17, 15) is 4.79 Å². The second-order valence-corrected chi connectivity index (χ2v) is 5.38. The molecular formula is C17H19NO3. The number of hydrogen-bond acceptors (Lipinski definition) is 4. The van der Waals surface area contributed by atoms with Gasteiger partial charge in [0.15, 0.2) is 6.29 Å². The molecule has 4 heteroatoms. The van der Waals surface area contributed by atoms with Crippen LogP contribution in [0.2, 0.25) is 0 Å². The van der Waals surface area contributed by atoms with Crippen molar-refractivity contribution in [3.63, 3.8) is 0 Å². The van der Waals surface area contributed by atoms with E-state index in [-0.39, 0.29) is 6.10 Å². The lowest BCUT2D eigenvalue weighted by molar-refractivity contribution is -0.0403. The minimum Gasteiger partial charge on any atom is -0.490 e. The van der Waals surface area contributed by atoms with Gasteiger partial charge in [0.2, 0.25) is 0 Å². The SMILES string of the molecule is CN1CCOC(COc2ccc3ccccc3c2C=O)C1. The number of aldehydes is 1. The molecule has 1 aliphatic heterocycles. The summed E-state index contributed by atoms with van der Waals surface area (Å²) in [6.45, 7) is 2.99. The molecule has 3 rings (SSSR count). The van der Waals surface area contributed by atoms with Crippen molar-refractivity contribution in [1.82, 2.24) is 4.90 Å². The summed E-state index contributed by atoms with van der Waals surface area (Å²) in [6.07, 6.45) is 0.917. The van der Waals surface area contributed by atoms with Gasteiger partial charge in [-0.25, -0.2) is 0 Å². The Morgan fingerprint density at radius 2 is 2.19 bits per heavy atom. The smallest absolute Gasteiger partial charge is 0.154 e. The average molecular weight is 285 g/mol. The molecule has 1 heterocycles. The van der Waals surface area contributed by atoms with E-state index in [1.54, 1.807) is 0 Å². The Hall–Kier alpha value is -1.91. The molecule has 1 aliphatic rings. The lowest BCUT2D eigenvalue weighted by Crippen LogP contribution is -2.42. The van der Waals surface area contributed by atoms with Crippen LogP contribution in [0.5, 0.6) is 5.75 Å². The maximum Gasteiger partial charge on any atom is 0.154 e. The molecule has 1 saturated heterocycles. The van der Waals surface area contributed by atoms with Crippen LogP contribution in [0.15, 0.2) is 36.4 Å². The van der Waals surface area contributed by atoms with Gasteiger partial charge in [-0.2, -0.15) is 0 Å². The normalized spacial score (nSPS) is 19.6. The Bertz CT molecular complexity index is 641. The quantitative estimate of drug-likeness (QED) is 0.808. The van der Waals surface area contributed by atoms with Crippen molar-refractivity contribution in [2.75, 3.05) is 33.4 Å². The van der Waals surface area contributed by atoms with Crippen LogP contribution in [-0.4, -0.2) is 50.6 Å². The molecule has 0 saturated carbocycles. The third-order valence-electron chi connectivity index (χ3n) is 3.82. The van der Waals surface area contributed by atoms with Gasteiger partial charge in [-0.15, -0.1) is 0 Å². The number of likely N-dealkylation sites (N-methyl/N-ethyl adjacent to an activating group) is 1. The van der Waals surface area contributed by atoms with E-state index in [1.165, 1.54) is 0 Å². The maximum atomic E-state index is 11.4. The van der Waals surface area contributed by atoms with Gasteiger partial charge >= 0.3 is 0 Å². The highest BCUT2D eigenvalue weighted by Gasteiger charge is 2.19. The van der Waals surface area contributed by atoms with E-state index >= 15 is 0 Å². The Kier molecular flexibility index (Phi) is 4.18. The van der Waals surface area contributed by atoms with Crippen molar-refractivity contribution in [3.05, 3.63) is 42.0 Å². The lowest BCUT2D eigenvalue weighted by Gasteiger charge is -2.30. The van der Waals surface area contributed by atoms with Crippen LogP contribution in [0.25, 0.3) is 10.8 Å². The van der Waals surface area contributed by atoms with Gasteiger partial charge in [-0.1, -0.05) is 30.3 Å². The molecule has 21 heavy (non-hydrogen) atoms. The summed E-state index contributed by atoms with van der Waals surface area (Å²) in [7, 11) is 2.07. The Balaban J connectivity index is 1.79. The van der Waals surface area contributed by atoms with E-state index in [2.05, 4.69) is 11.9 Å². The van der Waals surface area contributed by atoms with Gasteiger partial charge < -0.3 is 14.4 Å². The fourth-order valence-corrected chi connectivity index (χ4v) is 2.67. The summed E-state index contributed by atoms with van der Waals surface area (Å²) in [5.41, 5.74) is 0.609. The molecule has 1 unspecified atom stereocenters. The monoisotopic (exact) mass is 285 g/mol. The average Bonchev–Trinajstić information content (AvgIpc) is 2.52. The maximum absolute atomic E-state index is 11.4. The van der Waals surface area contributed by atoms with Crippen LogP contribution in [0.1, 0.15) is 10.4 Å². The van der Waals surface area contributed by atoms with Crippen LogP contribution in [0, 0.1) is 0 Å². The summed E-state index contributed by atoms with van der Waals surface area (Å²) in [6, 6.07) is 11.7. The minimum absolute atomic E-state index is 0.0507. The fourth-order valence-electron chi connectivity index (χ4n) is 2.67. The zero-order valence-electron chi connectivity index (χ0n) is 12.1. The summed E-state index contributed by atoms with van der Waals surface area (Å²) in [5.74, 6) is 0.625. The number of carbonyl (C=O) groups excluding carboxylic acids is 1. The highest BCUT2D eigenvalue weighted by molar-refractivity contribution is 6.00. The summed E-state index contributed by atoms with van der Waals surface area (Å²) in [4.78, 5) is 13.6. The number of morpholine rings is 1. The van der Waals surface area contributed by atoms with Crippen molar-refractivity contribution >= 4 is 17.1 Å². The summed E-state index contributed by atoms with van der Waals surface area (Å²) in [5, 5.41) is 1.97. The van der Waals surface area contributed by atoms with Gasteiger partial charge in [0.25, 0.3) is 0 Å². The first-order valence-corrected chi connectivity index (χ1v) is 7.18. The molecule has 0 aromatic heterocycles. The Morgan fingerprint density at radius 3 is 3.00 bits per heavy atom. The van der Waals surface area contributed by atoms with Gasteiger partial charge in [0.05, 0.1) is 12.2 Å². The fraction of sp³-hybridized carbons (Fsp3) is 0.353. The third kappa shape index (κ3) is 3.06. The Labute approximate surface area is 124 Å². The third-order valence-corrected chi connectivity index (χ3v) is 3.82. The predicted molar refractivity (Wildman–Crippen MR) is 82.1 cm³/mol. The lowest BCUT2D eigenvalue weighted by atomic mass is 10.0. The van der Waals surface area contributed by atoms with E-state index < -0.39 is 0 Å². The first kappa shape index (κ1) is 14.0. The van der Waals surface area contributed by atoms with Crippen LogP contribution in [0.3, 0.4) is 0 Å². The van der Waals surface area contributed by atoms with Gasteiger partial charge in [-0.05, 0) is 23.9 Å². The number of rotatable bonds is 4. The number of nitrogens with zero attached hydrogens (tertiary/aromatic N) is 1. The molecule has 0 spiro atoms. The molecule has 1 atom stereocenters. The van der Waals surface area contributed by atoms with Crippen LogP contribution in [0.4, 0.5) is 0 Å². The van der Waals surface area contributed by atoms with E-state index in [0.717, 1.165) is 36.8 Å². The molecule has 2 aromatic carbocycles. The Morgan fingerprint density at radius 1 is 1.33 bits per heavy atom. The molecule has 0 N–H and O–H groups in total. The van der Waals surface area contributed by atoms with Gasteiger partial charge in [0, 0.05) is 13.1 Å². The number of carbonyl (C=O) groups is 1. The molecule has 0 amide bonds. The van der Waals surface area contributed by atoms with Crippen molar-refractivity contribution in [3.8, 4) is 5.75 Å². The summed E-state index contributed by atoms with van der Waals surface area (Å²) < 4.78 is 11.5. The van der Waals surface area contributed by atoms with E-state index in [1.807, 2.05) is 36.4 Å². The van der Waals surface area contributed by atoms with Crippen LogP contribution in [-0.2, 0) is 4.74 Å². The molecule has 0 radical (unpaired) electrons. The first-order valence-electron chi connectivity index (χ1n) is 7.18. The van der Waals surface area contributed by atoms with Gasteiger partial charge in [0.1, 0.15) is 18.5 Å². The number of ether oxygens (including phenoxy) is 2. The van der Waals surface area contributed by atoms with Crippen LogP contribution < -0.4 is 4.74 Å². The van der Waals surface area contributed by atoms with Crippen molar-refractivity contribution in [2.45, 2.75) is 6.10 Å². The molecule has 1 fully saturated rings. The van der Waals surface area contributed by atoms with Crippen LogP contribution >= 0.6 is 0 Å². The molecule has 0 bridgehead atoms. The largest absolute Gasteiger partial charge is 0.490 e. The highest BCUT2D eigenvalue weighted by atomic mass is 16.5.